The van der Waals surface area contributed by atoms with Crippen molar-refractivity contribution < 1.29 is 9.53 Å². The Kier molecular flexibility index (Phi) is 3.48. The molecule has 0 aliphatic carbocycles. The highest BCUT2D eigenvalue weighted by atomic mass is 35.5. The van der Waals surface area contributed by atoms with Crippen molar-refractivity contribution in [2.45, 2.75) is 5.88 Å². The smallest absolute Gasteiger partial charge is 0.365 e. The van der Waals surface area contributed by atoms with Gasteiger partial charge in [-0.25, -0.2) is 4.79 Å². The molecule has 0 radical (unpaired) electrons. The monoisotopic (exact) mass is 254 g/mol. The number of para-hydroxylation sites is 1. The Morgan fingerprint density at radius 2 is 2.12 bits per heavy atom. The van der Waals surface area contributed by atoms with Gasteiger partial charge < -0.3 is 4.74 Å². The van der Waals surface area contributed by atoms with Crippen molar-refractivity contribution in [3.05, 3.63) is 40.9 Å². The fourth-order valence-electron chi connectivity index (χ4n) is 1.10. The van der Waals surface area contributed by atoms with Gasteiger partial charge in [0.15, 0.2) is 5.69 Å². The molecule has 4 nitrogen and oxygen atoms in total. The number of rotatable bonds is 3. The summed E-state index contributed by atoms with van der Waals surface area (Å²) in [6, 6.07) is 8.79. The Morgan fingerprint density at radius 1 is 1.38 bits per heavy atom. The molecule has 1 aromatic heterocycles. The Balaban J connectivity index is 2.15. The van der Waals surface area contributed by atoms with Gasteiger partial charge in [-0.05, 0) is 23.7 Å². The van der Waals surface area contributed by atoms with Crippen molar-refractivity contribution in [2.75, 3.05) is 0 Å². The van der Waals surface area contributed by atoms with Crippen molar-refractivity contribution in [2.24, 2.45) is 0 Å². The molecule has 0 N–H and O–H groups in total. The number of carbonyl (C=O) groups is 1. The first kappa shape index (κ1) is 11.0. The summed E-state index contributed by atoms with van der Waals surface area (Å²) in [5.74, 6) is 0.147. The van der Waals surface area contributed by atoms with Crippen molar-refractivity contribution in [1.82, 2.24) is 9.59 Å². The molecule has 82 valence electrons. The molecule has 2 rings (SSSR count). The van der Waals surface area contributed by atoms with Crippen LogP contribution < -0.4 is 4.74 Å². The first-order chi connectivity index (χ1) is 7.81. The van der Waals surface area contributed by atoms with Crippen molar-refractivity contribution >= 4 is 29.1 Å². The summed E-state index contributed by atoms with van der Waals surface area (Å²) in [7, 11) is 0. The molecule has 0 aliphatic heterocycles. The van der Waals surface area contributed by atoms with E-state index in [1.165, 1.54) is 0 Å². The fraction of sp³-hybridized carbons (Fsp3) is 0.100. The number of benzene rings is 1. The fourth-order valence-corrected chi connectivity index (χ4v) is 1.85. The van der Waals surface area contributed by atoms with Crippen LogP contribution in [0.3, 0.4) is 0 Å². The molecule has 2 aromatic rings. The van der Waals surface area contributed by atoms with E-state index in [4.69, 9.17) is 16.3 Å². The number of esters is 1. The van der Waals surface area contributed by atoms with E-state index >= 15 is 0 Å². The normalized spacial score (nSPS) is 10.1. The topological polar surface area (TPSA) is 52.1 Å². The maximum absolute atomic E-state index is 11.7. The van der Waals surface area contributed by atoms with Gasteiger partial charge in [0.1, 0.15) is 5.75 Å². The lowest BCUT2D eigenvalue weighted by Crippen LogP contribution is -2.10. The minimum Gasteiger partial charge on any atom is -0.422 e. The number of aromatic nitrogens is 2. The van der Waals surface area contributed by atoms with Gasteiger partial charge in [-0.3, -0.25) is 0 Å². The molecular formula is C10H7ClN2O2S. The number of nitrogens with zero attached hydrogens (tertiary/aromatic N) is 2. The second kappa shape index (κ2) is 5.05. The summed E-state index contributed by atoms with van der Waals surface area (Å²) in [6.07, 6.45) is 0. The molecule has 0 amide bonds. The van der Waals surface area contributed by atoms with Crippen LogP contribution in [0.2, 0.25) is 0 Å². The second-order valence-corrected chi connectivity index (χ2v) is 3.99. The van der Waals surface area contributed by atoms with E-state index in [2.05, 4.69) is 9.59 Å². The van der Waals surface area contributed by atoms with Crippen LogP contribution in [-0.2, 0) is 5.88 Å². The van der Waals surface area contributed by atoms with Gasteiger partial charge in [0.25, 0.3) is 0 Å². The lowest BCUT2D eigenvalue weighted by molar-refractivity contribution is 0.0728. The lowest BCUT2D eigenvalue weighted by Gasteiger charge is -2.01. The number of halogens is 1. The van der Waals surface area contributed by atoms with E-state index < -0.39 is 5.97 Å². The predicted molar refractivity (Wildman–Crippen MR) is 60.9 cm³/mol. The highest BCUT2D eigenvalue weighted by Gasteiger charge is 2.17. The number of carbonyl (C=O) groups excluding carboxylic acids is 1. The summed E-state index contributed by atoms with van der Waals surface area (Å²) in [4.78, 5) is 12.3. The molecule has 1 heterocycles. The van der Waals surface area contributed by atoms with Gasteiger partial charge in [0, 0.05) is 0 Å². The molecule has 0 bridgehead atoms. The standard InChI is InChI=1S/C10H7ClN2O2S/c11-6-8-9(12-13-16-8)10(14)15-7-4-2-1-3-5-7/h1-5H,6H2. The van der Waals surface area contributed by atoms with Gasteiger partial charge in [-0.15, -0.1) is 16.7 Å². The van der Waals surface area contributed by atoms with Crippen LogP contribution in [0.1, 0.15) is 15.4 Å². The van der Waals surface area contributed by atoms with Gasteiger partial charge in [-0.2, -0.15) is 0 Å². The van der Waals surface area contributed by atoms with Crippen LogP contribution in [0.5, 0.6) is 5.75 Å². The lowest BCUT2D eigenvalue weighted by atomic mass is 10.3. The molecule has 1 aromatic carbocycles. The van der Waals surface area contributed by atoms with Gasteiger partial charge >= 0.3 is 5.97 Å². The SMILES string of the molecule is O=C(Oc1ccccc1)c1nnsc1CCl. The highest BCUT2D eigenvalue weighted by molar-refractivity contribution is 7.06. The zero-order valence-corrected chi connectivity index (χ0v) is 9.66. The van der Waals surface area contributed by atoms with E-state index in [1.54, 1.807) is 24.3 Å². The Hall–Kier alpha value is -1.46. The number of hydrogen-bond acceptors (Lipinski definition) is 5. The average molecular weight is 255 g/mol. The molecule has 6 heteroatoms. The summed E-state index contributed by atoms with van der Waals surface area (Å²) < 4.78 is 8.77. The summed E-state index contributed by atoms with van der Waals surface area (Å²) in [6.45, 7) is 0. The van der Waals surface area contributed by atoms with E-state index in [0.29, 0.717) is 10.6 Å². The summed E-state index contributed by atoms with van der Waals surface area (Å²) >= 11 is 6.74. The predicted octanol–water partition coefficient (Wildman–Crippen LogP) is 2.50. The maximum Gasteiger partial charge on any atom is 0.365 e. The number of ether oxygens (including phenoxy) is 1. The van der Waals surface area contributed by atoms with Crippen molar-refractivity contribution in [1.29, 1.82) is 0 Å². The molecule has 0 atom stereocenters. The first-order valence-electron chi connectivity index (χ1n) is 4.45. The van der Waals surface area contributed by atoms with Crippen LogP contribution in [0, 0.1) is 0 Å². The maximum atomic E-state index is 11.7. The first-order valence-corrected chi connectivity index (χ1v) is 5.76. The molecule has 0 aliphatic rings. The van der Waals surface area contributed by atoms with E-state index in [-0.39, 0.29) is 11.6 Å². The number of alkyl halides is 1. The van der Waals surface area contributed by atoms with Gasteiger partial charge in [0.05, 0.1) is 10.8 Å². The molecular weight excluding hydrogens is 248 g/mol. The van der Waals surface area contributed by atoms with E-state index in [9.17, 15) is 4.79 Å². The zero-order valence-electron chi connectivity index (χ0n) is 8.09. The molecule has 16 heavy (non-hydrogen) atoms. The molecule has 0 fully saturated rings. The summed E-state index contributed by atoms with van der Waals surface area (Å²) in [5, 5.41) is 3.69. The molecule has 0 unspecified atom stereocenters. The minimum atomic E-state index is -0.532. The zero-order chi connectivity index (χ0) is 11.4. The van der Waals surface area contributed by atoms with Crippen LogP contribution in [0.15, 0.2) is 30.3 Å². The van der Waals surface area contributed by atoms with Crippen LogP contribution >= 0.6 is 23.1 Å². The third-order valence-corrected chi connectivity index (χ3v) is 2.97. The Morgan fingerprint density at radius 3 is 2.81 bits per heavy atom. The third kappa shape index (κ3) is 2.37. The second-order valence-electron chi connectivity index (χ2n) is 2.88. The number of hydrogen-bond donors (Lipinski definition) is 0. The minimum absolute atomic E-state index is 0.184. The molecule has 0 saturated carbocycles. The van der Waals surface area contributed by atoms with Gasteiger partial charge in [-0.1, -0.05) is 22.7 Å². The van der Waals surface area contributed by atoms with Crippen molar-refractivity contribution in [3.8, 4) is 5.75 Å². The Bertz CT molecular complexity index is 487. The quantitative estimate of drug-likeness (QED) is 0.480. The molecule has 0 saturated heterocycles. The van der Waals surface area contributed by atoms with Crippen LogP contribution in [-0.4, -0.2) is 15.6 Å². The average Bonchev–Trinajstić information content (AvgIpc) is 2.78. The van der Waals surface area contributed by atoms with Crippen LogP contribution in [0.25, 0.3) is 0 Å². The highest BCUT2D eigenvalue weighted by Crippen LogP contribution is 2.16. The Labute approximate surface area is 101 Å². The van der Waals surface area contributed by atoms with E-state index in [1.807, 2.05) is 6.07 Å². The third-order valence-electron chi connectivity index (χ3n) is 1.82. The van der Waals surface area contributed by atoms with Crippen LogP contribution in [0.4, 0.5) is 0 Å². The largest absolute Gasteiger partial charge is 0.422 e. The van der Waals surface area contributed by atoms with Gasteiger partial charge in [0.2, 0.25) is 0 Å². The van der Waals surface area contributed by atoms with E-state index in [0.717, 1.165) is 11.5 Å². The summed E-state index contributed by atoms with van der Waals surface area (Å²) in [5.41, 5.74) is 0.184. The molecule has 0 spiro atoms. The van der Waals surface area contributed by atoms with Crippen molar-refractivity contribution in [3.63, 3.8) is 0 Å².